The summed E-state index contributed by atoms with van der Waals surface area (Å²) in [7, 11) is 4.15. The fourth-order valence-corrected chi connectivity index (χ4v) is 0. The minimum absolute atomic E-state index is 0. The molecule has 3 radical (unpaired) electrons. The maximum Gasteiger partial charge on any atom is 1.00 e. The van der Waals surface area contributed by atoms with Crippen molar-refractivity contribution in [3.8, 4) is 5.97 Å². The molecule has 0 aromatic heterocycles. The second kappa shape index (κ2) is 24.5. The van der Waals surface area contributed by atoms with Crippen LogP contribution in [0.5, 0.6) is 0 Å². The maximum atomic E-state index is 8.89. The molecule has 0 saturated heterocycles. The van der Waals surface area contributed by atoms with Crippen molar-refractivity contribution in [1.82, 2.24) is 6.15 Å². The summed E-state index contributed by atoms with van der Waals surface area (Å²) in [5.41, 5.74) is 0. The van der Waals surface area contributed by atoms with Crippen LogP contribution in [0.3, 0.4) is 0 Å². The Balaban J connectivity index is -0.0000000233. The van der Waals surface area contributed by atoms with E-state index in [4.69, 9.17) is 15.2 Å². The van der Waals surface area contributed by atoms with Gasteiger partial charge in [0.1, 0.15) is 0 Å². The molecule has 0 bridgehead atoms. The van der Waals surface area contributed by atoms with E-state index >= 15 is 0 Å². The van der Waals surface area contributed by atoms with E-state index in [9.17, 15) is 0 Å². The summed E-state index contributed by atoms with van der Waals surface area (Å²) in [6.45, 7) is 0.972. The van der Waals surface area contributed by atoms with E-state index in [0.29, 0.717) is 0 Å². The van der Waals surface area contributed by atoms with Crippen molar-refractivity contribution in [2.75, 3.05) is 0 Å². The molecule has 0 aliphatic carbocycles. The van der Waals surface area contributed by atoms with E-state index in [1.165, 1.54) is 5.97 Å². The molecule has 0 aliphatic heterocycles. The fraction of sp³-hybridized carbons (Fsp3) is 0.333. The number of aliphatic carboxylic acids is 1. The molecule has 4 nitrogen and oxygen atoms in total. The minimum Gasteiger partial charge on any atom is -0.550 e. The number of carboxylic acids is 1. The van der Waals surface area contributed by atoms with Crippen molar-refractivity contribution < 1.29 is 39.5 Å². The smallest absolute Gasteiger partial charge is 0.550 e. The molecular formula is C3H7BN2NaO2. The number of hydrogen-bond donors (Lipinski definition) is 1. The van der Waals surface area contributed by atoms with Crippen LogP contribution in [0.15, 0.2) is 0 Å². The number of carboxylic acid groups (broad SMARTS) is 1. The molecule has 0 unspecified atom stereocenters. The van der Waals surface area contributed by atoms with Gasteiger partial charge in [0.05, 0.1) is 0 Å². The average Bonchev–Trinajstić information content (AvgIpc) is 1.33. The molecule has 0 atom stereocenters. The number of carbonyl (C=O) groups is 1. The Morgan fingerprint density at radius 2 is 1.78 bits per heavy atom. The largest absolute Gasteiger partial charge is 1.00 e. The first-order valence-corrected chi connectivity index (χ1v) is 1.42. The molecule has 0 rings (SSSR count). The van der Waals surface area contributed by atoms with E-state index in [2.05, 4.69) is 7.85 Å². The van der Waals surface area contributed by atoms with Gasteiger partial charge in [-0.15, -0.1) is 0 Å². The van der Waals surface area contributed by atoms with E-state index in [0.717, 1.165) is 6.92 Å². The molecule has 0 amide bonds. The van der Waals surface area contributed by atoms with Crippen LogP contribution in [0.25, 0.3) is 0 Å². The number of nitriles is 1. The van der Waals surface area contributed by atoms with Crippen LogP contribution in [0, 0.1) is 11.2 Å². The van der Waals surface area contributed by atoms with Gasteiger partial charge in [0.15, 0.2) is 0 Å². The van der Waals surface area contributed by atoms with E-state index in [-0.39, 0.29) is 35.7 Å². The van der Waals surface area contributed by atoms with Gasteiger partial charge in [-0.25, -0.2) is 0 Å². The summed E-state index contributed by atoms with van der Waals surface area (Å²) in [6, 6.07) is 0. The van der Waals surface area contributed by atoms with Gasteiger partial charge in [-0.2, -0.15) is 0 Å². The molecule has 4 N–H and O–H groups in total. The van der Waals surface area contributed by atoms with Crippen LogP contribution in [0.1, 0.15) is 6.92 Å². The summed E-state index contributed by atoms with van der Waals surface area (Å²) in [5.74, 6) is 0.167. The van der Waals surface area contributed by atoms with Gasteiger partial charge in [0, 0.05) is 5.97 Å². The maximum absolute atomic E-state index is 8.89. The summed E-state index contributed by atoms with van der Waals surface area (Å²) >= 11 is 0. The van der Waals surface area contributed by atoms with Gasteiger partial charge in [0.25, 0.3) is 0 Å². The Kier molecular flexibility index (Phi) is 62.8. The zero-order valence-electron chi connectivity index (χ0n) is 5.84. The molecule has 0 spiro atoms. The molecule has 0 heterocycles. The van der Waals surface area contributed by atoms with Crippen LogP contribution in [0.4, 0.5) is 0 Å². The third kappa shape index (κ3) is 1260000. The first kappa shape index (κ1) is 23.1. The zero-order valence-corrected chi connectivity index (χ0v) is 7.84. The van der Waals surface area contributed by atoms with Crippen LogP contribution in [0.2, 0.25) is 0 Å². The van der Waals surface area contributed by atoms with Gasteiger partial charge >= 0.3 is 29.6 Å². The Morgan fingerprint density at radius 1 is 1.78 bits per heavy atom. The summed E-state index contributed by atoms with van der Waals surface area (Å²) in [6.07, 6.45) is 0. The minimum atomic E-state index is -1.08. The molecule has 45 valence electrons. The van der Waals surface area contributed by atoms with E-state index < -0.39 is 5.97 Å². The number of rotatable bonds is 0. The second-order valence-corrected chi connectivity index (χ2v) is 0.621. The molecule has 0 aromatic carbocycles. The van der Waals surface area contributed by atoms with Gasteiger partial charge in [-0.1, -0.05) is 0 Å². The van der Waals surface area contributed by atoms with Gasteiger partial charge in [-0.3, -0.25) is 11.2 Å². The molecule has 0 fully saturated rings. The Bertz CT molecular complexity index is 88.3. The van der Waals surface area contributed by atoms with Gasteiger partial charge in [-0.05, 0) is 6.92 Å². The molecule has 0 aliphatic rings. The van der Waals surface area contributed by atoms with Crippen LogP contribution in [-0.2, 0) is 4.79 Å². The number of nitrogens with zero attached hydrogens (tertiary/aromatic N) is 1. The van der Waals surface area contributed by atoms with Crippen molar-refractivity contribution in [2.24, 2.45) is 0 Å². The average molecular weight is 137 g/mol. The fourth-order valence-electron chi connectivity index (χ4n) is 0. The summed E-state index contributed by atoms with van der Waals surface area (Å²) in [4.78, 5) is 8.89. The number of carbonyl (C=O) groups excluding carboxylic acids is 1. The number of hydrogen-bond acceptors (Lipinski definition) is 3. The molecule has 0 saturated carbocycles. The predicted octanol–water partition coefficient (Wildman–Crippen LogP) is -4.23. The van der Waals surface area contributed by atoms with Crippen LogP contribution >= 0.6 is 0 Å². The third-order valence-corrected chi connectivity index (χ3v) is 0. The zero-order chi connectivity index (χ0) is 6.28. The van der Waals surface area contributed by atoms with Crippen molar-refractivity contribution in [3.63, 3.8) is 0 Å². The van der Waals surface area contributed by atoms with Crippen LogP contribution in [-0.4, -0.2) is 13.8 Å². The van der Waals surface area contributed by atoms with Crippen molar-refractivity contribution in [3.05, 3.63) is 0 Å². The first-order valence-electron chi connectivity index (χ1n) is 1.42. The van der Waals surface area contributed by atoms with Crippen molar-refractivity contribution >= 4 is 13.8 Å². The van der Waals surface area contributed by atoms with Gasteiger partial charge < -0.3 is 23.9 Å². The summed E-state index contributed by atoms with van der Waals surface area (Å²) < 4.78 is 0. The van der Waals surface area contributed by atoms with Gasteiger partial charge in [0.2, 0.25) is 0 Å². The predicted molar refractivity (Wildman–Crippen MR) is 28.0 cm³/mol. The topological polar surface area (TPSA) is 100 Å². The molecular weight excluding hydrogens is 130 g/mol. The second-order valence-electron chi connectivity index (χ2n) is 0.621. The van der Waals surface area contributed by atoms with E-state index in [1.807, 2.05) is 0 Å². The SMILES string of the molecule is CC(=O)[O-].[B-]C#N.[NH4+].[Na+]. The third-order valence-electron chi connectivity index (χ3n) is 0. The van der Waals surface area contributed by atoms with Crippen LogP contribution < -0.4 is 40.8 Å². The van der Waals surface area contributed by atoms with E-state index in [1.54, 1.807) is 0 Å². The van der Waals surface area contributed by atoms with Crippen molar-refractivity contribution in [1.29, 1.82) is 5.26 Å². The monoisotopic (exact) mass is 137 g/mol. The molecule has 0 aromatic rings. The molecule has 6 heteroatoms. The van der Waals surface area contributed by atoms with Crippen molar-refractivity contribution in [2.45, 2.75) is 6.92 Å². The number of quaternary nitrogens is 1. The first-order chi connectivity index (χ1) is 3.15. The summed E-state index contributed by atoms with van der Waals surface area (Å²) in [5, 5.41) is 16.0. The Hall–Kier alpha value is -0.0151. The Morgan fingerprint density at radius 3 is 1.78 bits per heavy atom. The quantitative estimate of drug-likeness (QED) is 0.342. The standard InChI is InChI=1S/C2H4O2.CBN.H3N.Na/c1-2(3)4;2-1-3;;/h1H3,(H,3,4);;1H3;/q;-1;;+1. The molecule has 9 heavy (non-hydrogen) atoms. The Labute approximate surface area is 77.5 Å². The normalized spacial score (nSPS) is 3.67.